The summed E-state index contributed by atoms with van der Waals surface area (Å²) in [6.45, 7) is 8.20. The Balaban J connectivity index is 1.38. The van der Waals surface area contributed by atoms with Gasteiger partial charge in [-0.25, -0.2) is 19.3 Å². The van der Waals surface area contributed by atoms with E-state index < -0.39 is 5.60 Å². The zero-order valence-corrected chi connectivity index (χ0v) is 23.2. The van der Waals surface area contributed by atoms with Gasteiger partial charge < -0.3 is 20.2 Å². The molecule has 2 aliphatic rings. The summed E-state index contributed by atoms with van der Waals surface area (Å²) in [6.07, 6.45) is 9.11. The molecule has 1 atom stereocenters. The Labute approximate surface area is 233 Å². The van der Waals surface area contributed by atoms with E-state index in [1.165, 1.54) is 22.1 Å². The number of rotatable bonds is 6. The molecule has 10 nitrogen and oxygen atoms in total. The Morgan fingerprint density at radius 1 is 1.15 bits per heavy atom. The van der Waals surface area contributed by atoms with Gasteiger partial charge in [-0.15, -0.1) is 6.42 Å². The average Bonchev–Trinajstić information content (AvgIpc) is 3.43. The van der Waals surface area contributed by atoms with E-state index in [1.807, 2.05) is 25.1 Å². The number of aromatic nitrogens is 5. The summed E-state index contributed by atoms with van der Waals surface area (Å²) < 4.78 is 3.08. The molecule has 10 heteroatoms. The van der Waals surface area contributed by atoms with Gasteiger partial charge >= 0.3 is 0 Å². The van der Waals surface area contributed by atoms with E-state index in [0.717, 1.165) is 43.9 Å². The predicted octanol–water partition coefficient (Wildman–Crippen LogP) is 2.96. The number of nitrogens with one attached hydrogen (secondary N) is 1. The first-order chi connectivity index (χ1) is 19.3. The molecule has 1 saturated heterocycles. The van der Waals surface area contributed by atoms with Crippen LogP contribution in [0, 0.1) is 19.3 Å². The molecule has 0 spiro atoms. The minimum Gasteiger partial charge on any atom is -0.384 e. The normalized spacial score (nSPS) is 19.1. The molecule has 1 aromatic carbocycles. The van der Waals surface area contributed by atoms with E-state index in [1.54, 1.807) is 4.68 Å². The predicted molar refractivity (Wildman–Crippen MR) is 156 cm³/mol. The molecule has 1 aliphatic heterocycles. The van der Waals surface area contributed by atoms with Crippen molar-refractivity contribution in [2.45, 2.75) is 45.3 Å². The maximum atomic E-state index is 13.3. The van der Waals surface area contributed by atoms with E-state index in [-0.39, 0.29) is 12.1 Å². The number of piperazine rings is 1. The molecule has 1 unspecified atom stereocenters. The van der Waals surface area contributed by atoms with Crippen LogP contribution in [0.15, 0.2) is 41.3 Å². The lowest BCUT2D eigenvalue weighted by Crippen LogP contribution is -2.44. The summed E-state index contributed by atoms with van der Waals surface area (Å²) in [5.74, 6) is 3.40. The molecule has 1 fully saturated rings. The van der Waals surface area contributed by atoms with Gasteiger partial charge in [0.15, 0.2) is 11.5 Å². The molecule has 1 aliphatic carbocycles. The van der Waals surface area contributed by atoms with Gasteiger partial charge in [0.2, 0.25) is 5.95 Å². The van der Waals surface area contributed by atoms with Gasteiger partial charge in [-0.1, -0.05) is 18.9 Å². The van der Waals surface area contributed by atoms with Crippen LogP contribution in [0.5, 0.6) is 0 Å². The number of hydrogen-bond donors (Lipinski definition) is 2. The smallest absolute Gasteiger partial charge is 0.279 e. The third kappa shape index (κ3) is 4.41. The van der Waals surface area contributed by atoms with Gasteiger partial charge in [0.1, 0.15) is 17.5 Å². The highest BCUT2D eigenvalue weighted by molar-refractivity contribution is 5.77. The fourth-order valence-electron chi connectivity index (χ4n) is 5.82. The number of aliphatic hydroxyl groups is 1. The van der Waals surface area contributed by atoms with Crippen molar-refractivity contribution in [3.05, 3.63) is 63.7 Å². The van der Waals surface area contributed by atoms with E-state index in [4.69, 9.17) is 16.4 Å². The maximum Gasteiger partial charge on any atom is 0.279 e. The first-order valence-corrected chi connectivity index (χ1v) is 13.8. The van der Waals surface area contributed by atoms with Crippen molar-refractivity contribution in [1.29, 1.82) is 0 Å². The van der Waals surface area contributed by atoms with Crippen LogP contribution >= 0.6 is 0 Å². The second-order valence-electron chi connectivity index (χ2n) is 10.8. The fraction of sp³-hybridized carbons (Fsp3) is 0.400. The second kappa shape index (κ2) is 10.1. The standard InChI is InChI=1S/C30H34N8O2/c1-5-13-37-28(39)23-19-31-29(32-22-8-9-24(20(3)18-22)36-16-14-35(4)15-17-36)34-27(23)38(37)25-10-7-21-11-12-30(40,6-2)26(21)33-25/h1,7-10,18-19,40H,6,11-17H2,2-4H3,(H,31,32,34). The Bertz CT molecular complexity index is 1690. The largest absolute Gasteiger partial charge is 0.384 e. The molecule has 0 bridgehead atoms. The maximum absolute atomic E-state index is 13.3. The van der Waals surface area contributed by atoms with Gasteiger partial charge in [-0.2, -0.15) is 4.98 Å². The highest BCUT2D eigenvalue weighted by atomic mass is 16.3. The van der Waals surface area contributed by atoms with Gasteiger partial charge in [-0.05, 0) is 68.6 Å². The van der Waals surface area contributed by atoms with Crippen molar-refractivity contribution in [3.8, 4) is 18.2 Å². The molecule has 0 amide bonds. The molecule has 0 radical (unpaired) electrons. The minimum atomic E-state index is -0.985. The zero-order chi connectivity index (χ0) is 28.0. The summed E-state index contributed by atoms with van der Waals surface area (Å²) >= 11 is 0. The lowest BCUT2D eigenvalue weighted by atomic mass is 9.98. The third-order valence-corrected chi connectivity index (χ3v) is 8.23. The molecular formula is C30H34N8O2. The minimum absolute atomic E-state index is 0.0434. The fourth-order valence-corrected chi connectivity index (χ4v) is 5.82. The Morgan fingerprint density at radius 2 is 1.95 bits per heavy atom. The second-order valence-corrected chi connectivity index (χ2v) is 10.8. The molecule has 0 saturated carbocycles. The number of pyridine rings is 1. The molecule has 4 aromatic rings. The van der Waals surface area contributed by atoms with Crippen molar-refractivity contribution in [3.63, 3.8) is 0 Å². The number of terminal acetylenes is 1. The topological polar surface area (TPSA) is 104 Å². The summed E-state index contributed by atoms with van der Waals surface area (Å²) in [5, 5.41) is 14.8. The molecule has 4 heterocycles. The number of nitrogens with zero attached hydrogens (tertiary/aromatic N) is 7. The third-order valence-electron chi connectivity index (χ3n) is 8.23. The van der Waals surface area contributed by atoms with Crippen LogP contribution < -0.4 is 15.8 Å². The van der Waals surface area contributed by atoms with Crippen molar-refractivity contribution in [1.82, 2.24) is 29.2 Å². The van der Waals surface area contributed by atoms with Crippen LogP contribution in [0.25, 0.3) is 16.9 Å². The summed E-state index contributed by atoms with van der Waals surface area (Å²) in [6, 6.07) is 10.1. The Kier molecular flexibility index (Phi) is 6.56. The number of benzene rings is 1. The number of anilines is 3. The lowest BCUT2D eigenvalue weighted by molar-refractivity contribution is 0.0306. The highest BCUT2D eigenvalue weighted by Gasteiger charge is 2.37. The first-order valence-electron chi connectivity index (χ1n) is 13.8. The number of likely N-dealkylation sites (N-methyl/N-ethyl adjacent to an activating group) is 1. The average molecular weight is 539 g/mol. The monoisotopic (exact) mass is 538 g/mol. The molecule has 2 N–H and O–H groups in total. The van der Waals surface area contributed by atoms with Crippen LogP contribution in [-0.4, -0.2) is 67.5 Å². The Hall–Kier alpha value is -4.20. The Morgan fingerprint density at radius 3 is 2.67 bits per heavy atom. The molecular weight excluding hydrogens is 504 g/mol. The van der Waals surface area contributed by atoms with E-state index >= 15 is 0 Å². The summed E-state index contributed by atoms with van der Waals surface area (Å²) in [7, 11) is 2.15. The highest BCUT2D eigenvalue weighted by Crippen LogP contribution is 2.38. The number of hydrogen-bond acceptors (Lipinski definition) is 8. The summed E-state index contributed by atoms with van der Waals surface area (Å²) in [5.41, 5.74) is 4.04. The van der Waals surface area contributed by atoms with Gasteiger partial charge in [0, 0.05) is 43.8 Å². The summed E-state index contributed by atoms with van der Waals surface area (Å²) in [4.78, 5) is 32.1. The van der Waals surface area contributed by atoms with Crippen molar-refractivity contribution in [2.24, 2.45) is 0 Å². The van der Waals surface area contributed by atoms with Crippen LogP contribution in [0.3, 0.4) is 0 Å². The van der Waals surface area contributed by atoms with E-state index in [9.17, 15) is 9.90 Å². The van der Waals surface area contributed by atoms with E-state index in [2.05, 4.69) is 52.1 Å². The van der Waals surface area contributed by atoms with Crippen molar-refractivity contribution >= 4 is 28.4 Å². The molecule has 40 heavy (non-hydrogen) atoms. The van der Waals surface area contributed by atoms with Gasteiger partial charge in [-0.3, -0.25) is 4.79 Å². The van der Waals surface area contributed by atoms with Gasteiger partial charge in [0.05, 0.1) is 5.69 Å². The molecule has 206 valence electrons. The molecule has 3 aromatic heterocycles. The van der Waals surface area contributed by atoms with Crippen LogP contribution in [0.1, 0.15) is 36.6 Å². The molecule has 6 rings (SSSR count). The zero-order valence-electron chi connectivity index (χ0n) is 23.2. The first kappa shape index (κ1) is 26.0. The SMILES string of the molecule is C#CCn1c(=O)c2cnc(Nc3ccc(N4CCN(C)CC4)c(C)c3)nc2n1-c1ccc2c(n1)C(O)(CC)CC2. The number of fused-ring (bicyclic) bond motifs is 2. The van der Waals surface area contributed by atoms with Crippen molar-refractivity contribution in [2.75, 3.05) is 43.4 Å². The lowest BCUT2D eigenvalue weighted by Gasteiger charge is -2.35. The quantitative estimate of drug-likeness (QED) is 0.361. The van der Waals surface area contributed by atoms with Crippen LogP contribution in [-0.2, 0) is 18.6 Å². The van der Waals surface area contributed by atoms with Crippen molar-refractivity contribution < 1.29 is 5.11 Å². The van der Waals surface area contributed by atoms with E-state index in [0.29, 0.717) is 41.3 Å². The van der Waals surface area contributed by atoms with Gasteiger partial charge in [0.25, 0.3) is 5.56 Å². The number of aryl methyl sites for hydroxylation is 2. The van der Waals surface area contributed by atoms with Crippen LogP contribution in [0.4, 0.5) is 17.3 Å². The van der Waals surface area contributed by atoms with Crippen LogP contribution in [0.2, 0.25) is 0 Å².